The van der Waals surface area contributed by atoms with Crippen LogP contribution >= 0.6 is 24.0 Å². The number of methoxy groups -OCH3 is 1. The van der Waals surface area contributed by atoms with Crippen LogP contribution in [0.15, 0.2) is 35.3 Å². The molecule has 0 saturated heterocycles. The Morgan fingerprint density at radius 2 is 2.13 bits per heavy atom. The first kappa shape index (κ1) is 24.4. The van der Waals surface area contributed by atoms with Crippen molar-refractivity contribution in [2.75, 3.05) is 38.7 Å². The topological polar surface area (TPSA) is 79.6 Å². The van der Waals surface area contributed by atoms with Crippen molar-refractivity contribution >= 4 is 35.6 Å². The van der Waals surface area contributed by atoms with Crippen molar-refractivity contribution in [1.82, 2.24) is 25.4 Å². The number of anilines is 1. The summed E-state index contributed by atoms with van der Waals surface area (Å²) >= 11 is 0. The van der Waals surface area contributed by atoms with Crippen LogP contribution in [-0.2, 0) is 24.3 Å². The number of halogens is 1. The molecule has 8 nitrogen and oxygen atoms in total. The number of aryl methyl sites for hydroxylation is 1. The monoisotopic (exact) mass is 527 g/mol. The van der Waals surface area contributed by atoms with Crippen LogP contribution in [0.4, 0.5) is 5.69 Å². The molecule has 1 unspecified atom stereocenters. The molecule has 0 amide bonds. The first-order valence-corrected chi connectivity index (χ1v) is 10.4. The van der Waals surface area contributed by atoms with Crippen molar-refractivity contribution in [3.05, 3.63) is 42.0 Å². The zero-order valence-electron chi connectivity index (χ0n) is 18.2. The highest BCUT2D eigenvalue weighted by atomic mass is 127. The van der Waals surface area contributed by atoms with Crippen LogP contribution in [0.3, 0.4) is 0 Å². The Balaban J connectivity index is 0.00000320. The number of para-hydroxylation sites is 1. The maximum atomic E-state index is 5.14. The summed E-state index contributed by atoms with van der Waals surface area (Å²) in [6.07, 6.45) is 2.93. The predicted octanol–water partition coefficient (Wildman–Crippen LogP) is 2.44. The molecule has 9 heteroatoms. The highest BCUT2D eigenvalue weighted by Crippen LogP contribution is 2.14. The molecule has 1 aromatic heterocycles. The van der Waals surface area contributed by atoms with E-state index in [0.717, 1.165) is 63.0 Å². The Labute approximate surface area is 196 Å². The second kappa shape index (κ2) is 12.7. The Morgan fingerprint density at radius 1 is 1.33 bits per heavy atom. The molecule has 1 aliphatic heterocycles. The molecule has 1 aromatic carbocycles. The number of nitrogens with zero attached hydrogens (tertiary/aromatic N) is 5. The Kier molecular flexibility index (Phi) is 10.4. The zero-order valence-corrected chi connectivity index (χ0v) is 20.5. The van der Waals surface area contributed by atoms with Gasteiger partial charge in [0.1, 0.15) is 12.4 Å². The molecule has 30 heavy (non-hydrogen) atoms. The number of aromatic nitrogens is 3. The molecule has 0 radical (unpaired) electrons. The Morgan fingerprint density at radius 3 is 2.87 bits per heavy atom. The standard InChI is InChI=1S/C21H33N7O.HI/c1-4-22-21(23-13-8-14-27(2)18-9-6-5-7-10-18)24-17-11-12-20-25-19(16-29-3)26-28(20)15-17;/h5-7,9-10,17H,4,8,11-16H2,1-3H3,(H2,22,23,24);1H. The number of aliphatic imine (C=N–C) groups is 1. The van der Waals surface area contributed by atoms with E-state index in [-0.39, 0.29) is 24.0 Å². The van der Waals surface area contributed by atoms with E-state index in [1.54, 1.807) is 7.11 Å². The quantitative estimate of drug-likeness (QED) is 0.226. The molecule has 0 bridgehead atoms. The zero-order chi connectivity index (χ0) is 20.5. The number of fused-ring (bicyclic) bond motifs is 1. The Hall–Kier alpha value is -1.88. The summed E-state index contributed by atoms with van der Waals surface area (Å²) in [4.78, 5) is 11.6. The smallest absolute Gasteiger partial charge is 0.191 e. The summed E-state index contributed by atoms with van der Waals surface area (Å²) in [6, 6.07) is 10.7. The van der Waals surface area contributed by atoms with Crippen molar-refractivity contribution in [1.29, 1.82) is 0 Å². The number of rotatable bonds is 9. The van der Waals surface area contributed by atoms with Crippen LogP contribution < -0.4 is 15.5 Å². The predicted molar refractivity (Wildman–Crippen MR) is 132 cm³/mol. The number of nitrogens with one attached hydrogen (secondary N) is 2. The summed E-state index contributed by atoms with van der Waals surface area (Å²) in [5.74, 6) is 2.67. The molecule has 0 aliphatic carbocycles. The molecule has 3 rings (SSSR count). The lowest BCUT2D eigenvalue weighted by Gasteiger charge is -2.25. The van der Waals surface area contributed by atoms with Crippen molar-refractivity contribution in [2.24, 2.45) is 4.99 Å². The maximum absolute atomic E-state index is 5.14. The average Bonchev–Trinajstić information content (AvgIpc) is 3.13. The number of benzene rings is 1. The van der Waals surface area contributed by atoms with Gasteiger partial charge in [0, 0.05) is 51.9 Å². The summed E-state index contributed by atoms with van der Waals surface area (Å²) in [5.41, 5.74) is 1.24. The van der Waals surface area contributed by atoms with Crippen LogP contribution in [0.2, 0.25) is 0 Å². The number of ether oxygens (including phenoxy) is 1. The summed E-state index contributed by atoms with van der Waals surface area (Å²) < 4.78 is 7.14. The second-order valence-corrected chi connectivity index (χ2v) is 7.31. The van der Waals surface area contributed by atoms with E-state index >= 15 is 0 Å². The molecule has 1 aliphatic rings. The molecule has 0 fully saturated rings. The number of hydrogen-bond acceptors (Lipinski definition) is 5. The van der Waals surface area contributed by atoms with Gasteiger partial charge in [-0.05, 0) is 31.9 Å². The lowest BCUT2D eigenvalue weighted by atomic mass is 10.1. The van der Waals surface area contributed by atoms with Crippen LogP contribution in [0.25, 0.3) is 0 Å². The van der Waals surface area contributed by atoms with Gasteiger partial charge in [-0.3, -0.25) is 4.99 Å². The third-order valence-corrected chi connectivity index (χ3v) is 4.98. The van der Waals surface area contributed by atoms with E-state index in [2.05, 4.69) is 63.9 Å². The van der Waals surface area contributed by atoms with E-state index in [9.17, 15) is 0 Å². The fraction of sp³-hybridized carbons (Fsp3) is 0.571. The van der Waals surface area contributed by atoms with E-state index in [0.29, 0.717) is 12.6 Å². The first-order valence-electron chi connectivity index (χ1n) is 10.4. The van der Waals surface area contributed by atoms with Gasteiger partial charge in [0.15, 0.2) is 11.8 Å². The summed E-state index contributed by atoms with van der Waals surface area (Å²) in [7, 11) is 3.79. The molecule has 1 atom stereocenters. The molecule has 166 valence electrons. The molecular formula is C21H34IN7O. The van der Waals surface area contributed by atoms with Gasteiger partial charge in [-0.25, -0.2) is 9.67 Å². The molecule has 2 heterocycles. The van der Waals surface area contributed by atoms with Crippen molar-refractivity contribution in [2.45, 2.75) is 45.4 Å². The Bertz CT molecular complexity index is 781. The third-order valence-electron chi connectivity index (χ3n) is 4.98. The van der Waals surface area contributed by atoms with Gasteiger partial charge in [0.2, 0.25) is 0 Å². The molecule has 0 spiro atoms. The molecule has 0 saturated carbocycles. The third kappa shape index (κ3) is 7.12. The number of hydrogen-bond donors (Lipinski definition) is 2. The van der Waals surface area contributed by atoms with Gasteiger partial charge >= 0.3 is 0 Å². The van der Waals surface area contributed by atoms with E-state index in [1.165, 1.54) is 5.69 Å². The van der Waals surface area contributed by atoms with Crippen LogP contribution in [0.5, 0.6) is 0 Å². The van der Waals surface area contributed by atoms with Crippen LogP contribution in [0.1, 0.15) is 31.4 Å². The molecule has 2 N–H and O–H groups in total. The molecule has 2 aromatic rings. The highest BCUT2D eigenvalue weighted by Gasteiger charge is 2.22. The number of guanidine groups is 1. The second-order valence-electron chi connectivity index (χ2n) is 7.31. The van der Waals surface area contributed by atoms with E-state index in [4.69, 9.17) is 9.73 Å². The fourth-order valence-corrected chi connectivity index (χ4v) is 3.49. The largest absolute Gasteiger partial charge is 0.377 e. The lowest BCUT2D eigenvalue weighted by molar-refractivity contribution is 0.177. The fourth-order valence-electron chi connectivity index (χ4n) is 3.49. The van der Waals surface area contributed by atoms with Gasteiger partial charge in [-0.15, -0.1) is 24.0 Å². The minimum absolute atomic E-state index is 0. The van der Waals surface area contributed by atoms with Gasteiger partial charge < -0.3 is 20.3 Å². The highest BCUT2D eigenvalue weighted by molar-refractivity contribution is 14.0. The van der Waals surface area contributed by atoms with Gasteiger partial charge in [-0.1, -0.05) is 18.2 Å². The van der Waals surface area contributed by atoms with Crippen molar-refractivity contribution < 1.29 is 4.74 Å². The maximum Gasteiger partial charge on any atom is 0.191 e. The average molecular weight is 527 g/mol. The summed E-state index contributed by atoms with van der Waals surface area (Å²) in [6.45, 7) is 5.95. The minimum atomic E-state index is 0. The van der Waals surface area contributed by atoms with E-state index < -0.39 is 0 Å². The van der Waals surface area contributed by atoms with Crippen LogP contribution in [-0.4, -0.2) is 60.6 Å². The van der Waals surface area contributed by atoms with Gasteiger partial charge in [0.05, 0.1) is 6.54 Å². The van der Waals surface area contributed by atoms with Gasteiger partial charge in [0.25, 0.3) is 0 Å². The SMILES string of the molecule is CCNC(=NCCCN(C)c1ccccc1)NC1CCc2nc(COC)nn2C1.I. The van der Waals surface area contributed by atoms with Crippen molar-refractivity contribution in [3.63, 3.8) is 0 Å². The first-order chi connectivity index (χ1) is 14.2. The summed E-state index contributed by atoms with van der Waals surface area (Å²) in [5, 5.41) is 11.5. The van der Waals surface area contributed by atoms with Crippen molar-refractivity contribution in [3.8, 4) is 0 Å². The lowest BCUT2D eigenvalue weighted by Crippen LogP contribution is -2.47. The van der Waals surface area contributed by atoms with Crippen LogP contribution in [0, 0.1) is 0 Å². The minimum Gasteiger partial charge on any atom is -0.377 e. The normalized spacial score (nSPS) is 15.8. The van der Waals surface area contributed by atoms with E-state index in [1.807, 2.05) is 10.7 Å². The van der Waals surface area contributed by atoms with Gasteiger partial charge in [-0.2, -0.15) is 5.10 Å². The molecular weight excluding hydrogens is 493 g/mol.